The zero-order valence-corrected chi connectivity index (χ0v) is 16.1. The van der Waals surface area contributed by atoms with Crippen LogP contribution in [0.3, 0.4) is 0 Å². The fraction of sp³-hybridized carbons (Fsp3) is 0.389. The van der Waals surface area contributed by atoms with E-state index in [0.29, 0.717) is 30.8 Å². The normalized spacial score (nSPS) is 17.9. The number of rotatable bonds is 5. The van der Waals surface area contributed by atoms with Gasteiger partial charge in [-0.2, -0.15) is 14.7 Å². The standard InChI is InChI=1S/C18H21N5O3S/c1-21-17(9-10-20-21)22-11-3-4-16(18(22)24)23(27(2,25)26)13-15-7-5-14(12-19)6-8-15/h5-10,16H,3-4,11,13H2,1-2H3/t16-/m0/s1. The molecule has 0 bridgehead atoms. The minimum atomic E-state index is -3.62. The highest BCUT2D eigenvalue weighted by atomic mass is 32.2. The van der Waals surface area contributed by atoms with E-state index in [1.807, 2.05) is 6.07 Å². The number of piperidine rings is 1. The molecule has 27 heavy (non-hydrogen) atoms. The quantitative estimate of drug-likeness (QED) is 0.769. The summed E-state index contributed by atoms with van der Waals surface area (Å²) < 4.78 is 27.8. The number of anilines is 1. The van der Waals surface area contributed by atoms with Gasteiger partial charge in [-0.1, -0.05) is 12.1 Å². The minimum Gasteiger partial charge on any atom is -0.296 e. The molecule has 0 spiro atoms. The Labute approximate surface area is 158 Å². The first kappa shape index (κ1) is 19.1. The van der Waals surface area contributed by atoms with Gasteiger partial charge in [0.05, 0.1) is 24.1 Å². The maximum Gasteiger partial charge on any atom is 0.246 e. The molecule has 1 fully saturated rings. The van der Waals surface area contributed by atoms with Crippen LogP contribution in [0.4, 0.5) is 5.82 Å². The van der Waals surface area contributed by atoms with Gasteiger partial charge in [0.1, 0.15) is 11.9 Å². The van der Waals surface area contributed by atoms with E-state index in [9.17, 15) is 13.2 Å². The van der Waals surface area contributed by atoms with Crippen LogP contribution in [0.15, 0.2) is 36.5 Å². The summed E-state index contributed by atoms with van der Waals surface area (Å²) in [4.78, 5) is 14.7. The SMILES string of the molecule is Cn1nccc1N1CCC[C@H](N(Cc2ccc(C#N)cc2)S(C)(=O)=O)C1=O. The summed E-state index contributed by atoms with van der Waals surface area (Å²) in [5, 5.41) is 13.0. The number of carbonyl (C=O) groups excluding carboxylic acids is 1. The Morgan fingerprint density at radius 3 is 2.56 bits per heavy atom. The largest absolute Gasteiger partial charge is 0.296 e. The average Bonchev–Trinajstić information content (AvgIpc) is 3.05. The molecule has 9 heteroatoms. The van der Waals surface area contributed by atoms with Crippen LogP contribution < -0.4 is 4.90 Å². The number of benzene rings is 1. The molecule has 0 unspecified atom stereocenters. The average molecular weight is 387 g/mol. The van der Waals surface area contributed by atoms with Gasteiger partial charge < -0.3 is 0 Å². The van der Waals surface area contributed by atoms with E-state index in [-0.39, 0.29) is 12.5 Å². The first-order chi connectivity index (χ1) is 12.8. The van der Waals surface area contributed by atoms with Crippen LogP contribution in [-0.2, 0) is 28.4 Å². The van der Waals surface area contributed by atoms with Gasteiger partial charge in [-0.15, -0.1) is 0 Å². The molecule has 2 heterocycles. The van der Waals surface area contributed by atoms with Crippen molar-refractivity contribution < 1.29 is 13.2 Å². The molecule has 1 amide bonds. The van der Waals surface area contributed by atoms with Gasteiger partial charge in [0.2, 0.25) is 15.9 Å². The van der Waals surface area contributed by atoms with E-state index >= 15 is 0 Å². The number of sulfonamides is 1. The molecule has 0 saturated carbocycles. The van der Waals surface area contributed by atoms with Crippen LogP contribution in [0.5, 0.6) is 0 Å². The molecule has 0 N–H and O–H groups in total. The number of nitrogens with zero attached hydrogens (tertiary/aromatic N) is 5. The number of aryl methyl sites for hydroxylation is 1. The molecule has 142 valence electrons. The maximum absolute atomic E-state index is 13.1. The van der Waals surface area contributed by atoms with E-state index in [1.54, 1.807) is 53.2 Å². The Balaban J connectivity index is 1.89. The predicted octanol–water partition coefficient (Wildman–Crippen LogP) is 1.25. The predicted molar refractivity (Wildman–Crippen MR) is 100 cm³/mol. The highest BCUT2D eigenvalue weighted by Crippen LogP contribution is 2.26. The lowest BCUT2D eigenvalue weighted by Crippen LogP contribution is -2.54. The monoisotopic (exact) mass is 387 g/mol. The molecule has 1 atom stereocenters. The second kappa shape index (κ2) is 7.50. The number of carbonyl (C=O) groups is 1. The number of amides is 1. The van der Waals surface area contributed by atoms with Gasteiger partial charge >= 0.3 is 0 Å². The van der Waals surface area contributed by atoms with Gasteiger partial charge in [-0.25, -0.2) is 8.42 Å². The van der Waals surface area contributed by atoms with Crippen LogP contribution >= 0.6 is 0 Å². The third kappa shape index (κ3) is 4.02. The fourth-order valence-electron chi connectivity index (χ4n) is 3.31. The van der Waals surface area contributed by atoms with Gasteiger partial charge in [0.15, 0.2) is 0 Å². The first-order valence-corrected chi connectivity index (χ1v) is 10.4. The second-order valence-electron chi connectivity index (χ2n) is 6.58. The van der Waals surface area contributed by atoms with Crippen LogP contribution in [-0.4, -0.2) is 47.3 Å². The third-order valence-corrected chi connectivity index (χ3v) is 5.91. The van der Waals surface area contributed by atoms with Gasteiger partial charge in [0, 0.05) is 26.2 Å². The molecule has 8 nitrogen and oxygen atoms in total. The first-order valence-electron chi connectivity index (χ1n) is 8.56. The maximum atomic E-state index is 13.1. The summed E-state index contributed by atoms with van der Waals surface area (Å²) in [6, 6.07) is 9.71. The minimum absolute atomic E-state index is 0.0835. The van der Waals surface area contributed by atoms with Crippen LogP contribution in [0.1, 0.15) is 24.0 Å². The number of hydrogen-bond acceptors (Lipinski definition) is 5. The number of nitriles is 1. The molecular formula is C18H21N5O3S. The van der Waals surface area contributed by atoms with Crippen molar-refractivity contribution >= 4 is 21.7 Å². The Kier molecular flexibility index (Phi) is 5.30. The Bertz CT molecular complexity index is 975. The topological polar surface area (TPSA) is 99.3 Å². The summed E-state index contributed by atoms with van der Waals surface area (Å²) in [7, 11) is -1.87. The molecule has 0 aliphatic carbocycles. The highest BCUT2D eigenvalue weighted by molar-refractivity contribution is 7.88. The van der Waals surface area contributed by atoms with Gasteiger partial charge in [-0.05, 0) is 30.5 Å². The number of hydrogen-bond donors (Lipinski definition) is 0. The van der Waals surface area contributed by atoms with E-state index in [0.717, 1.165) is 11.8 Å². The van der Waals surface area contributed by atoms with Crippen molar-refractivity contribution in [3.8, 4) is 6.07 Å². The summed E-state index contributed by atoms with van der Waals surface area (Å²) in [6.07, 6.45) is 3.89. The second-order valence-corrected chi connectivity index (χ2v) is 8.51. The zero-order valence-electron chi connectivity index (χ0n) is 15.2. The van der Waals surface area contributed by atoms with Crippen molar-refractivity contribution in [1.29, 1.82) is 5.26 Å². The molecule has 1 aliphatic rings. The fourth-order valence-corrected chi connectivity index (χ4v) is 4.35. The van der Waals surface area contributed by atoms with Crippen molar-refractivity contribution in [1.82, 2.24) is 14.1 Å². The molecule has 1 saturated heterocycles. The smallest absolute Gasteiger partial charge is 0.246 e. The Hall–Kier alpha value is -2.70. The van der Waals surface area contributed by atoms with Crippen LogP contribution in [0.2, 0.25) is 0 Å². The van der Waals surface area contributed by atoms with Crippen molar-refractivity contribution in [3.05, 3.63) is 47.7 Å². The van der Waals surface area contributed by atoms with E-state index in [1.165, 1.54) is 4.31 Å². The van der Waals surface area contributed by atoms with Gasteiger partial charge in [0.25, 0.3) is 0 Å². The summed E-state index contributed by atoms with van der Waals surface area (Å²) in [5.74, 6) is 0.403. The van der Waals surface area contributed by atoms with Crippen molar-refractivity contribution in [3.63, 3.8) is 0 Å². The van der Waals surface area contributed by atoms with E-state index in [4.69, 9.17) is 5.26 Å². The lowest BCUT2D eigenvalue weighted by molar-refractivity contribution is -0.123. The highest BCUT2D eigenvalue weighted by Gasteiger charge is 2.38. The lowest BCUT2D eigenvalue weighted by atomic mass is 10.0. The van der Waals surface area contributed by atoms with E-state index in [2.05, 4.69) is 5.10 Å². The molecule has 2 aromatic rings. The van der Waals surface area contributed by atoms with Crippen molar-refractivity contribution in [2.45, 2.75) is 25.4 Å². The van der Waals surface area contributed by atoms with Crippen molar-refractivity contribution in [2.24, 2.45) is 7.05 Å². The Morgan fingerprint density at radius 1 is 1.30 bits per heavy atom. The van der Waals surface area contributed by atoms with Crippen LogP contribution in [0, 0.1) is 11.3 Å². The number of aromatic nitrogens is 2. The summed E-state index contributed by atoms with van der Waals surface area (Å²) in [5.41, 5.74) is 1.23. The van der Waals surface area contributed by atoms with Crippen LogP contribution in [0.25, 0.3) is 0 Å². The van der Waals surface area contributed by atoms with Gasteiger partial charge in [-0.3, -0.25) is 14.4 Å². The lowest BCUT2D eigenvalue weighted by Gasteiger charge is -2.37. The molecule has 3 rings (SSSR count). The molecule has 1 aromatic heterocycles. The molecule has 0 radical (unpaired) electrons. The zero-order chi connectivity index (χ0) is 19.6. The summed E-state index contributed by atoms with van der Waals surface area (Å²) in [6.45, 7) is 0.615. The molecule has 1 aliphatic heterocycles. The van der Waals surface area contributed by atoms with Crippen molar-refractivity contribution in [2.75, 3.05) is 17.7 Å². The Morgan fingerprint density at radius 2 is 2.00 bits per heavy atom. The third-order valence-electron chi connectivity index (χ3n) is 4.68. The summed E-state index contributed by atoms with van der Waals surface area (Å²) >= 11 is 0. The molecule has 1 aromatic carbocycles. The van der Waals surface area contributed by atoms with E-state index < -0.39 is 16.1 Å². The molecular weight excluding hydrogens is 366 g/mol.